The quantitative estimate of drug-likeness (QED) is 0.520. The lowest BCUT2D eigenvalue weighted by atomic mass is 10.1. The Hall–Kier alpha value is -2.83. The molecule has 0 aliphatic carbocycles. The minimum Gasteiger partial charge on any atom is -0.348 e. The van der Waals surface area contributed by atoms with Crippen LogP contribution < -0.4 is 9.62 Å². The van der Waals surface area contributed by atoms with E-state index in [0.29, 0.717) is 10.7 Å². The third-order valence-electron chi connectivity index (χ3n) is 5.00. The number of sulfonamides is 1. The molecule has 0 spiro atoms. The largest absolute Gasteiger partial charge is 0.348 e. The van der Waals surface area contributed by atoms with Crippen molar-refractivity contribution in [3.8, 4) is 0 Å². The summed E-state index contributed by atoms with van der Waals surface area (Å²) in [6.07, 6.45) is 0.939. The van der Waals surface area contributed by atoms with Crippen molar-refractivity contribution in [1.82, 2.24) is 5.32 Å². The molecular weight excluding hydrogens is 432 g/mol. The van der Waals surface area contributed by atoms with Gasteiger partial charge in [0.2, 0.25) is 5.91 Å². The molecule has 0 aromatic heterocycles. The summed E-state index contributed by atoms with van der Waals surface area (Å²) in [7, 11) is -3.94. The third kappa shape index (κ3) is 5.66. The average Bonchev–Trinajstić information content (AvgIpc) is 2.78. The van der Waals surface area contributed by atoms with Crippen LogP contribution in [-0.4, -0.2) is 20.9 Å². The number of anilines is 1. The molecule has 1 amide bonds. The first kappa shape index (κ1) is 22.8. The number of hydrogen-bond acceptors (Lipinski definition) is 3. The van der Waals surface area contributed by atoms with E-state index >= 15 is 0 Å². The van der Waals surface area contributed by atoms with Crippen LogP contribution in [0.15, 0.2) is 83.8 Å². The number of benzene rings is 3. The fourth-order valence-corrected chi connectivity index (χ4v) is 4.75. The van der Waals surface area contributed by atoms with Crippen molar-refractivity contribution < 1.29 is 13.2 Å². The number of carbonyl (C=O) groups is 1. The number of hydrogen-bond donors (Lipinski definition) is 1. The van der Waals surface area contributed by atoms with Crippen molar-refractivity contribution >= 4 is 33.2 Å². The lowest BCUT2D eigenvalue weighted by Crippen LogP contribution is -2.41. The number of halogens is 1. The van der Waals surface area contributed by atoms with Gasteiger partial charge in [-0.3, -0.25) is 9.10 Å². The van der Waals surface area contributed by atoms with E-state index < -0.39 is 15.9 Å². The summed E-state index contributed by atoms with van der Waals surface area (Å²) >= 11 is 5.96. The fourth-order valence-electron chi connectivity index (χ4n) is 3.19. The Bertz CT molecular complexity index is 1120. The number of carbonyl (C=O) groups excluding carboxylic acids is 1. The molecule has 0 aliphatic heterocycles. The second-order valence-electron chi connectivity index (χ2n) is 7.19. The number of rotatable bonds is 8. The second-order valence-corrected chi connectivity index (χ2v) is 9.48. The van der Waals surface area contributed by atoms with Crippen molar-refractivity contribution in [3.05, 3.63) is 95.0 Å². The fraction of sp³-hybridized carbons (Fsp3) is 0.208. The SMILES string of the molecule is CCc1ccc([C@H](C)NC(=O)CN(c2ccc(Cl)cc2)S(=O)(=O)c2ccccc2)cc1. The third-order valence-corrected chi connectivity index (χ3v) is 7.04. The molecule has 0 unspecified atom stereocenters. The number of nitrogens with zero attached hydrogens (tertiary/aromatic N) is 1. The molecule has 3 rings (SSSR count). The summed E-state index contributed by atoms with van der Waals surface area (Å²) < 4.78 is 27.7. The van der Waals surface area contributed by atoms with Crippen molar-refractivity contribution in [1.29, 1.82) is 0 Å². The topological polar surface area (TPSA) is 66.5 Å². The molecule has 31 heavy (non-hydrogen) atoms. The molecule has 3 aromatic rings. The van der Waals surface area contributed by atoms with Gasteiger partial charge in [0.05, 0.1) is 16.6 Å². The van der Waals surface area contributed by atoms with Crippen LogP contribution in [0, 0.1) is 0 Å². The van der Waals surface area contributed by atoms with Crippen molar-refractivity contribution in [2.75, 3.05) is 10.8 Å². The molecule has 0 radical (unpaired) electrons. The van der Waals surface area contributed by atoms with Gasteiger partial charge < -0.3 is 5.32 Å². The highest BCUT2D eigenvalue weighted by Crippen LogP contribution is 2.25. The van der Waals surface area contributed by atoms with Gasteiger partial charge in [-0.25, -0.2) is 8.42 Å². The Morgan fingerprint density at radius 1 is 0.968 bits per heavy atom. The van der Waals surface area contributed by atoms with Gasteiger partial charge >= 0.3 is 0 Å². The van der Waals surface area contributed by atoms with E-state index in [0.717, 1.165) is 16.3 Å². The first-order valence-electron chi connectivity index (χ1n) is 10.0. The molecule has 0 saturated heterocycles. The Kier molecular flexibility index (Phi) is 7.36. The molecule has 0 saturated carbocycles. The summed E-state index contributed by atoms with van der Waals surface area (Å²) in [5.74, 6) is -0.401. The normalized spacial score (nSPS) is 12.2. The molecular formula is C24H25ClN2O3S. The molecule has 162 valence electrons. The highest BCUT2D eigenvalue weighted by molar-refractivity contribution is 7.92. The van der Waals surface area contributed by atoms with E-state index in [1.807, 2.05) is 31.2 Å². The van der Waals surface area contributed by atoms with Crippen LogP contribution in [0.2, 0.25) is 5.02 Å². The van der Waals surface area contributed by atoms with Gasteiger partial charge in [-0.2, -0.15) is 0 Å². The van der Waals surface area contributed by atoms with Gasteiger partial charge in [0.25, 0.3) is 10.0 Å². The molecule has 0 aliphatic rings. The van der Waals surface area contributed by atoms with Crippen LogP contribution in [0.5, 0.6) is 0 Å². The van der Waals surface area contributed by atoms with E-state index in [9.17, 15) is 13.2 Å². The predicted octanol–water partition coefficient (Wildman–Crippen LogP) is 4.98. The molecule has 5 nitrogen and oxygen atoms in total. The lowest BCUT2D eigenvalue weighted by Gasteiger charge is -2.25. The molecule has 1 atom stereocenters. The van der Waals surface area contributed by atoms with Crippen molar-refractivity contribution in [3.63, 3.8) is 0 Å². The van der Waals surface area contributed by atoms with Gasteiger partial charge in [0, 0.05) is 5.02 Å². The van der Waals surface area contributed by atoms with E-state index in [1.54, 1.807) is 42.5 Å². The highest BCUT2D eigenvalue weighted by Gasteiger charge is 2.27. The molecule has 3 aromatic carbocycles. The minimum absolute atomic E-state index is 0.112. The summed E-state index contributed by atoms with van der Waals surface area (Å²) in [4.78, 5) is 12.9. The lowest BCUT2D eigenvalue weighted by molar-refractivity contribution is -0.120. The smallest absolute Gasteiger partial charge is 0.264 e. The maximum atomic E-state index is 13.3. The van der Waals surface area contributed by atoms with Crippen LogP contribution in [0.25, 0.3) is 0 Å². The van der Waals surface area contributed by atoms with Crippen LogP contribution in [-0.2, 0) is 21.2 Å². The number of nitrogens with one attached hydrogen (secondary N) is 1. The summed E-state index contributed by atoms with van der Waals surface area (Å²) in [6.45, 7) is 3.60. The van der Waals surface area contributed by atoms with Gasteiger partial charge in [-0.05, 0) is 60.9 Å². The van der Waals surface area contributed by atoms with E-state index in [4.69, 9.17) is 11.6 Å². The van der Waals surface area contributed by atoms with Crippen molar-refractivity contribution in [2.45, 2.75) is 31.2 Å². The Balaban J connectivity index is 1.84. The standard InChI is InChI=1S/C24H25ClN2O3S/c1-3-19-9-11-20(12-10-19)18(2)26-24(28)17-27(22-15-13-21(25)14-16-22)31(29,30)23-7-5-4-6-8-23/h4-16,18H,3,17H2,1-2H3,(H,26,28)/t18-/m0/s1. The predicted molar refractivity (Wildman–Crippen MR) is 125 cm³/mol. The van der Waals surface area contributed by atoms with Gasteiger partial charge in [0.1, 0.15) is 6.54 Å². The van der Waals surface area contributed by atoms with Crippen LogP contribution >= 0.6 is 11.6 Å². The van der Waals surface area contributed by atoms with Crippen LogP contribution in [0.3, 0.4) is 0 Å². The minimum atomic E-state index is -3.94. The van der Waals surface area contributed by atoms with Gasteiger partial charge in [-0.15, -0.1) is 0 Å². The average molecular weight is 457 g/mol. The zero-order valence-electron chi connectivity index (χ0n) is 17.5. The zero-order chi connectivity index (χ0) is 22.4. The maximum absolute atomic E-state index is 13.3. The summed E-state index contributed by atoms with van der Waals surface area (Å²) in [6, 6.07) is 22.2. The maximum Gasteiger partial charge on any atom is 0.264 e. The Morgan fingerprint density at radius 2 is 1.58 bits per heavy atom. The molecule has 1 N–H and O–H groups in total. The molecule has 0 fully saturated rings. The second kappa shape index (κ2) is 9.98. The summed E-state index contributed by atoms with van der Waals surface area (Å²) in [5.41, 5.74) is 2.53. The monoisotopic (exact) mass is 456 g/mol. The number of amides is 1. The first-order valence-corrected chi connectivity index (χ1v) is 11.8. The van der Waals surface area contributed by atoms with E-state index in [2.05, 4.69) is 12.2 Å². The molecule has 0 bridgehead atoms. The molecule has 7 heteroatoms. The number of aryl methyl sites for hydroxylation is 1. The van der Waals surface area contributed by atoms with Gasteiger partial charge in [0.15, 0.2) is 0 Å². The first-order chi connectivity index (χ1) is 14.8. The van der Waals surface area contributed by atoms with E-state index in [-0.39, 0.29) is 17.5 Å². The van der Waals surface area contributed by atoms with Crippen LogP contribution in [0.1, 0.15) is 31.0 Å². The Morgan fingerprint density at radius 3 is 2.16 bits per heavy atom. The van der Waals surface area contributed by atoms with E-state index in [1.165, 1.54) is 17.7 Å². The Labute approximate surface area is 188 Å². The highest BCUT2D eigenvalue weighted by atomic mass is 35.5. The zero-order valence-corrected chi connectivity index (χ0v) is 19.0. The summed E-state index contributed by atoms with van der Waals surface area (Å²) in [5, 5.41) is 3.38. The van der Waals surface area contributed by atoms with Gasteiger partial charge in [-0.1, -0.05) is 61.0 Å². The van der Waals surface area contributed by atoms with Crippen LogP contribution in [0.4, 0.5) is 5.69 Å². The van der Waals surface area contributed by atoms with Crippen molar-refractivity contribution in [2.24, 2.45) is 0 Å². The molecule has 0 heterocycles.